The van der Waals surface area contributed by atoms with Gasteiger partial charge >= 0.3 is 0 Å². The fourth-order valence-corrected chi connectivity index (χ4v) is 1.81. The van der Waals surface area contributed by atoms with E-state index < -0.39 is 0 Å². The highest BCUT2D eigenvalue weighted by molar-refractivity contribution is 6.31. The number of halogens is 1. The number of aliphatic hydroxyl groups is 1. The van der Waals surface area contributed by atoms with Crippen LogP contribution in [0.2, 0.25) is 5.02 Å². The number of hydrogen-bond acceptors (Lipinski definition) is 4. The lowest BCUT2D eigenvalue weighted by Crippen LogP contribution is -2.18. The van der Waals surface area contributed by atoms with Crippen LogP contribution in [-0.4, -0.2) is 22.1 Å². The molecule has 0 fully saturated rings. The van der Waals surface area contributed by atoms with Crippen LogP contribution in [0, 0.1) is 0 Å². The van der Waals surface area contributed by atoms with Gasteiger partial charge in [-0.25, -0.2) is 4.98 Å². The van der Waals surface area contributed by atoms with Crippen molar-refractivity contribution in [2.45, 2.75) is 13.2 Å². The molecule has 1 heterocycles. The molecule has 1 aromatic carbocycles. The number of nitrogens with zero attached hydrogens (tertiary/aromatic N) is 3. The SMILES string of the molecule is CN(Cc1ccccc1Cl)c1cncc(CO)n1. The number of rotatable bonds is 4. The second kappa shape index (κ2) is 5.80. The molecule has 0 amide bonds. The predicted molar refractivity (Wildman–Crippen MR) is 71.5 cm³/mol. The van der Waals surface area contributed by atoms with E-state index in [1.54, 1.807) is 12.4 Å². The van der Waals surface area contributed by atoms with Crippen molar-refractivity contribution in [3.63, 3.8) is 0 Å². The number of benzene rings is 1. The van der Waals surface area contributed by atoms with Crippen LogP contribution in [-0.2, 0) is 13.2 Å². The van der Waals surface area contributed by atoms with Gasteiger partial charge in [0.1, 0.15) is 5.82 Å². The molecule has 0 bridgehead atoms. The minimum absolute atomic E-state index is 0.110. The van der Waals surface area contributed by atoms with Gasteiger partial charge in [0.2, 0.25) is 0 Å². The minimum atomic E-state index is -0.110. The fraction of sp³-hybridized carbons (Fsp3) is 0.231. The quantitative estimate of drug-likeness (QED) is 0.919. The lowest BCUT2D eigenvalue weighted by Gasteiger charge is -2.18. The minimum Gasteiger partial charge on any atom is -0.390 e. The van der Waals surface area contributed by atoms with Crippen molar-refractivity contribution in [1.29, 1.82) is 0 Å². The molecule has 2 aromatic rings. The highest BCUT2D eigenvalue weighted by Crippen LogP contribution is 2.18. The molecule has 0 saturated heterocycles. The Morgan fingerprint density at radius 3 is 2.78 bits per heavy atom. The van der Waals surface area contributed by atoms with Gasteiger partial charge in [-0.05, 0) is 11.6 Å². The molecule has 1 N–H and O–H groups in total. The summed E-state index contributed by atoms with van der Waals surface area (Å²) < 4.78 is 0. The zero-order chi connectivity index (χ0) is 13.0. The van der Waals surface area contributed by atoms with E-state index in [0.717, 1.165) is 10.6 Å². The van der Waals surface area contributed by atoms with Crippen molar-refractivity contribution >= 4 is 17.4 Å². The number of aliphatic hydroxyl groups excluding tert-OH is 1. The summed E-state index contributed by atoms with van der Waals surface area (Å²) >= 11 is 6.11. The lowest BCUT2D eigenvalue weighted by molar-refractivity contribution is 0.276. The average Bonchev–Trinajstić information content (AvgIpc) is 2.41. The summed E-state index contributed by atoms with van der Waals surface area (Å²) in [5.41, 5.74) is 1.58. The van der Waals surface area contributed by atoms with Crippen LogP contribution in [0.15, 0.2) is 36.7 Å². The Morgan fingerprint density at radius 2 is 2.06 bits per heavy atom. The van der Waals surface area contributed by atoms with Crippen molar-refractivity contribution in [2.24, 2.45) is 0 Å². The molecule has 1 aromatic heterocycles. The van der Waals surface area contributed by atoms with Crippen LogP contribution < -0.4 is 4.90 Å². The molecular weight excluding hydrogens is 250 g/mol. The summed E-state index contributed by atoms with van der Waals surface area (Å²) in [4.78, 5) is 10.3. The van der Waals surface area contributed by atoms with Gasteiger partial charge in [-0.3, -0.25) is 4.98 Å². The van der Waals surface area contributed by atoms with E-state index in [-0.39, 0.29) is 6.61 Å². The zero-order valence-electron chi connectivity index (χ0n) is 10.0. The summed E-state index contributed by atoms with van der Waals surface area (Å²) in [6, 6.07) is 7.69. The van der Waals surface area contributed by atoms with Gasteiger partial charge in [-0.1, -0.05) is 29.8 Å². The van der Waals surface area contributed by atoms with Crippen molar-refractivity contribution in [1.82, 2.24) is 9.97 Å². The molecule has 5 heteroatoms. The molecule has 0 aliphatic rings. The average molecular weight is 264 g/mol. The standard InChI is InChI=1S/C13H14ClN3O/c1-17(8-10-4-2-3-5-12(10)14)13-7-15-6-11(9-18)16-13/h2-7,18H,8-9H2,1H3. The molecule has 0 aliphatic carbocycles. The first kappa shape index (κ1) is 12.8. The number of hydrogen-bond donors (Lipinski definition) is 1. The third-order valence-corrected chi connectivity index (χ3v) is 2.96. The summed E-state index contributed by atoms with van der Waals surface area (Å²) in [5, 5.41) is 9.77. The van der Waals surface area contributed by atoms with Crippen LogP contribution in [0.25, 0.3) is 0 Å². The van der Waals surface area contributed by atoms with Crippen molar-refractivity contribution in [3.8, 4) is 0 Å². The Balaban J connectivity index is 2.16. The summed E-state index contributed by atoms with van der Waals surface area (Å²) in [5.74, 6) is 0.710. The molecule has 0 spiro atoms. The van der Waals surface area contributed by atoms with Gasteiger partial charge in [-0.15, -0.1) is 0 Å². The van der Waals surface area contributed by atoms with Gasteiger partial charge in [0, 0.05) is 18.6 Å². The Morgan fingerprint density at radius 1 is 1.28 bits per heavy atom. The van der Waals surface area contributed by atoms with Gasteiger partial charge in [0.05, 0.1) is 24.7 Å². The molecule has 0 atom stereocenters. The highest BCUT2D eigenvalue weighted by atomic mass is 35.5. The van der Waals surface area contributed by atoms with Crippen molar-refractivity contribution in [3.05, 3.63) is 52.9 Å². The van der Waals surface area contributed by atoms with Crippen LogP contribution in [0.4, 0.5) is 5.82 Å². The Kier molecular flexibility index (Phi) is 4.12. The van der Waals surface area contributed by atoms with E-state index in [1.807, 2.05) is 36.2 Å². The van der Waals surface area contributed by atoms with E-state index in [9.17, 15) is 0 Å². The topological polar surface area (TPSA) is 49.2 Å². The van der Waals surface area contributed by atoms with E-state index in [2.05, 4.69) is 9.97 Å². The molecule has 0 saturated carbocycles. The Hall–Kier alpha value is -1.65. The summed E-state index contributed by atoms with van der Waals surface area (Å²) in [6.07, 6.45) is 3.21. The molecule has 0 aliphatic heterocycles. The predicted octanol–water partition coefficient (Wildman–Crippen LogP) is 2.26. The zero-order valence-corrected chi connectivity index (χ0v) is 10.8. The molecule has 0 unspecified atom stereocenters. The summed E-state index contributed by atoms with van der Waals surface area (Å²) in [7, 11) is 1.91. The highest BCUT2D eigenvalue weighted by Gasteiger charge is 2.07. The monoisotopic (exact) mass is 263 g/mol. The first-order valence-corrected chi connectivity index (χ1v) is 5.95. The maximum Gasteiger partial charge on any atom is 0.147 e. The molecule has 94 valence electrons. The maximum absolute atomic E-state index is 9.04. The first-order chi connectivity index (χ1) is 8.70. The summed E-state index contributed by atoms with van der Waals surface area (Å²) in [6.45, 7) is 0.532. The molecule has 4 nitrogen and oxygen atoms in total. The molecular formula is C13H14ClN3O. The van der Waals surface area contributed by atoms with Crippen molar-refractivity contribution < 1.29 is 5.11 Å². The van der Waals surface area contributed by atoms with Crippen LogP contribution in [0.5, 0.6) is 0 Å². The maximum atomic E-state index is 9.04. The third kappa shape index (κ3) is 2.97. The van der Waals surface area contributed by atoms with Gasteiger partial charge in [0.25, 0.3) is 0 Å². The second-order valence-corrected chi connectivity index (χ2v) is 4.38. The van der Waals surface area contributed by atoms with Crippen LogP contribution in [0.3, 0.4) is 0 Å². The normalized spacial score (nSPS) is 10.4. The number of anilines is 1. The third-order valence-electron chi connectivity index (χ3n) is 2.59. The van der Waals surface area contributed by atoms with Crippen LogP contribution in [0.1, 0.15) is 11.3 Å². The molecule has 18 heavy (non-hydrogen) atoms. The molecule has 2 rings (SSSR count). The van der Waals surface area contributed by atoms with Gasteiger partial charge < -0.3 is 10.0 Å². The van der Waals surface area contributed by atoms with Crippen molar-refractivity contribution in [2.75, 3.05) is 11.9 Å². The lowest BCUT2D eigenvalue weighted by atomic mass is 10.2. The first-order valence-electron chi connectivity index (χ1n) is 5.57. The Labute approximate surface area is 111 Å². The smallest absolute Gasteiger partial charge is 0.147 e. The largest absolute Gasteiger partial charge is 0.390 e. The Bertz CT molecular complexity index is 533. The van der Waals surface area contributed by atoms with E-state index in [4.69, 9.17) is 16.7 Å². The van der Waals surface area contributed by atoms with E-state index in [1.165, 1.54) is 0 Å². The van der Waals surface area contributed by atoms with E-state index in [0.29, 0.717) is 18.1 Å². The molecule has 0 radical (unpaired) electrons. The van der Waals surface area contributed by atoms with Gasteiger partial charge in [0.15, 0.2) is 0 Å². The fourth-order valence-electron chi connectivity index (χ4n) is 1.62. The van der Waals surface area contributed by atoms with Crippen LogP contribution >= 0.6 is 11.6 Å². The number of aromatic nitrogens is 2. The van der Waals surface area contributed by atoms with Gasteiger partial charge in [-0.2, -0.15) is 0 Å². The second-order valence-electron chi connectivity index (χ2n) is 3.97. The van der Waals surface area contributed by atoms with E-state index >= 15 is 0 Å².